The van der Waals surface area contributed by atoms with Gasteiger partial charge in [-0.1, -0.05) is 0 Å². The van der Waals surface area contributed by atoms with Gasteiger partial charge in [-0.15, -0.1) is 10.2 Å². The summed E-state index contributed by atoms with van der Waals surface area (Å²) in [6, 6.07) is 1.90. The second-order valence-corrected chi connectivity index (χ2v) is 4.45. The minimum Gasteiger partial charge on any atom is -0.370 e. The van der Waals surface area contributed by atoms with E-state index in [9.17, 15) is 0 Å². The van der Waals surface area contributed by atoms with Gasteiger partial charge in [0, 0.05) is 19.7 Å². The van der Waals surface area contributed by atoms with E-state index in [4.69, 9.17) is 0 Å². The van der Waals surface area contributed by atoms with Gasteiger partial charge in [0.15, 0.2) is 5.16 Å². The number of aromatic nitrogens is 5. The predicted octanol–water partition coefficient (Wildman–Crippen LogP) is 1.50. The van der Waals surface area contributed by atoms with Crippen molar-refractivity contribution in [1.82, 2.24) is 24.7 Å². The molecule has 0 saturated heterocycles. The Labute approximate surface area is 104 Å². The number of hydrogen-bond acceptors (Lipinski definition) is 6. The van der Waals surface area contributed by atoms with Gasteiger partial charge < -0.3 is 9.88 Å². The van der Waals surface area contributed by atoms with Crippen LogP contribution in [0.15, 0.2) is 22.6 Å². The molecule has 0 aliphatic carbocycles. The van der Waals surface area contributed by atoms with Crippen molar-refractivity contribution >= 4 is 17.6 Å². The van der Waals surface area contributed by atoms with Crippen LogP contribution in [-0.2, 0) is 7.05 Å². The smallest absolute Gasteiger partial charge is 0.197 e. The molecule has 2 heterocycles. The third kappa shape index (κ3) is 2.73. The van der Waals surface area contributed by atoms with Crippen LogP contribution in [0.5, 0.6) is 0 Å². The Morgan fingerprint density at radius 2 is 2.18 bits per heavy atom. The van der Waals surface area contributed by atoms with E-state index in [1.54, 1.807) is 6.33 Å². The van der Waals surface area contributed by atoms with Crippen LogP contribution in [0.2, 0.25) is 0 Å². The van der Waals surface area contributed by atoms with Gasteiger partial charge >= 0.3 is 0 Å². The van der Waals surface area contributed by atoms with E-state index in [1.165, 1.54) is 11.8 Å². The van der Waals surface area contributed by atoms with Crippen LogP contribution >= 0.6 is 11.8 Å². The molecule has 0 saturated carbocycles. The number of anilines is 1. The lowest BCUT2D eigenvalue weighted by Gasteiger charge is -2.04. The maximum Gasteiger partial charge on any atom is 0.197 e. The third-order valence-corrected chi connectivity index (χ3v) is 3.22. The summed E-state index contributed by atoms with van der Waals surface area (Å²) in [6.45, 7) is 4.78. The lowest BCUT2D eigenvalue weighted by molar-refractivity contribution is 0.764. The molecule has 0 spiro atoms. The lowest BCUT2D eigenvalue weighted by atomic mass is 10.5. The van der Waals surface area contributed by atoms with Crippen LogP contribution in [0.1, 0.15) is 12.7 Å². The summed E-state index contributed by atoms with van der Waals surface area (Å²) in [7, 11) is 1.93. The molecule has 17 heavy (non-hydrogen) atoms. The van der Waals surface area contributed by atoms with E-state index in [0.717, 1.165) is 28.4 Å². The molecule has 0 unspecified atom stereocenters. The van der Waals surface area contributed by atoms with Crippen molar-refractivity contribution in [3.05, 3.63) is 18.2 Å². The minimum absolute atomic E-state index is 0.823. The largest absolute Gasteiger partial charge is 0.370 e. The minimum atomic E-state index is 0.823. The van der Waals surface area contributed by atoms with Gasteiger partial charge in [-0.3, -0.25) is 0 Å². The van der Waals surface area contributed by atoms with Crippen LogP contribution in [0, 0.1) is 6.92 Å². The first-order chi connectivity index (χ1) is 8.20. The normalized spacial score (nSPS) is 10.5. The maximum atomic E-state index is 4.20. The standard InChI is InChI=1S/C10H14N6S/c1-4-11-8-5-9(13-6-12-8)17-10-15-14-7(2)16(10)3/h5-6H,4H2,1-3H3,(H,11,12,13). The van der Waals surface area contributed by atoms with Crippen molar-refractivity contribution in [3.8, 4) is 0 Å². The summed E-state index contributed by atoms with van der Waals surface area (Å²) in [6.07, 6.45) is 1.55. The summed E-state index contributed by atoms with van der Waals surface area (Å²) in [5.74, 6) is 1.71. The summed E-state index contributed by atoms with van der Waals surface area (Å²) in [5, 5.41) is 12.9. The average molecular weight is 250 g/mol. The highest BCUT2D eigenvalue weighted by Crippen LogP contribution is 2.24. The first-order valence-electron chi connectivity index (χ1n) is 5.30. The Balaban J connectivity index is 2.18. The third-order valence-electron chi connectivity index (χ3n) is 2.25. The molecule has 0 atom stereocenters. The van der Waals surface area contributed by atoms with Crippen molar-refractivity contribution in [1.29, 1.82) is 0 Å². The Hall–Kier alpha value is -1.63. The molecule has 0 radical (unpaired) electrons. The van der Waals surface area contributed by atoms with Crippen molar-refractivity contribution in [2.24, 2.45) is 7.05 Å². The highest BCUT2D eigenvalue weighted by molar-refractivity contribution is 7.99. The van der Waals surface area contributed by atoms with Gasteiger partial charge in [0.2, 0.25) is 0 Å². The number of rotatable bonds is 4. The molecule has 2 aromatic heterocycles. The fourth-order valence-electron chi connectivity index (χ4n) is 1.24. The Morgan fingerprint density at radius 3 is 2.82 bits per heavy atom. The first-order valence-corrected chi connectivity index (χ1v) is 6.12. The molecule has 0 fully saturated rings. The second kappa shape index (κ2) is 5.13. The monoisotopic (exact) mass is 250 g/mol. The molecular weight excluding hydrogens is 236 g/mol. The highest BCUT2D eigenvalue weighted by atomic mass is 32.2. The number of nitrogens with one attached hydrogen (secondary N) is 1. The summed E-state index contributed by atoms with van der Waals surface area (Å²) < 4.78 is 1.93. The fraction of sp³-hybridized carbons (Fsp3) is 0.400. The number of nitrogens with zero attached hydrogens (tertiary/aromatic N) is 5. The molecule has 0 aliphatic rings. The Bertz CT molecular complexity index is 509. The van der Waals surface area contributed by atoms with E-state index in [-0.39, 0.29) is 0 Å². The zero-order valence-electron chi connectivity index (χ0n) is 10.0. The highest BCUT2D eigenvalue weighted by Gasteiger charge is 2.08. The van der Waals surface area contributed by atoms with Crippen LogP contribution in [0.4, 0.5) is 5.82 Å². The Morgan fingerprint density at radius 1 is 1.35 bits per heavy atom. The van der Waals surface area contributed by atoms with Gasteiger partial charge in [0.25, 0.3) is 0 Å². The van der Waals surface area contributed by atoms with E-state index in [2.05, 4.69) is 25.5 Å². The first kappa shape index (κ1) is 11.8. The van der Waals surface area contributed by atoms with Crippen molar-refractivity contribution in [2.45, 2.75) is 24.0 Å². The van der Waals surface area contributed by atoms with Crippen molar-refractivity contribution < 1.29 is 0 Å². The second-order valence-electron chi connectivity index (χ2n) is 3.46. The van der Waals surface area contributed by atoms with Gasteiger partial charge in [-0.05, 0) is 25.6 Å². The molecule has 0 aromatic carbocycles. The van der Waals surface area contributed by atoms with Gasteiger partial charge in [0.05, 0.1) is 0 Å². The maximum absolute atomic E-state index is 4.20. The van der Waals surface area contributed by atoms with Crippen LogP contribution < -0.4 is 5.32 Å². The van der Waals surface area contributed by atoms with Gasteiger partial charge in [-0.2, -0.15) is 0 Å². The number of aryl methyl sites for hydroxylation is 1. The topological polar surface area (TPSA) is 68.5 Å². The van der Waals surface area contributed by atoms with Crippen LogP contribution in [0.25, 0.3) is 0 Å². The summed E-state index contributed by atoms with van der Waals surface area (Å²) in [5.41, 5.74) is 0. The molecule has 1 N–H and O–H groups in total. The predicted molar refractivity (Wildman–Crippen MR) is 66.1 cm³/mol. The Kier molecular flexibility index (Phi) is 3.58. The molecule has 0 bridgehead atoms. The van der Waals surface area contributed by atoms with Crippen molar-refractivity contribution in [2.75, 3.05) is 11.9 Å². The molecule has 0 aliphatic heterocycles. The summed E-state index contributed by atoms with van der Waals surface area (Å²) >= 11 is 1.47. The fourth-order valence-corrected chi connectivity index (χ4v) is 2.05. The van der Waals surface area contributed by atoms with E-state index < -0.39 is 0 Å². The van der Waals surface area contributed by atoms with E-state index in [0.29, 0.717) is 0 Å². The number of hydrogen-bond donors (Lipinski definition) is 1. The van der Waals surface area contributed by atoms with Crippen LogP contribution in [-0.4, -0.2) is 31.3 Å². The molecule has 0 amide bonds. The van der Waals surface area contributed by atoms with E-state index in [1.807, 2.05) is 31.5 Å². The van der Waals surface area contributed by atoms with Gasteiger partial charge in [-0.25, -0.2) is 9.97 Å². The quantitative estimate of drug-likeness (QED) is 0.829. The van der Waals surface area contributed by atoms with Crippen molar-refractivity contribution in [3.63, 3.8) is 0 Å². The molecule has 2 aromatic rings. The zero-order valence-corrected chi connectivity index (χ0v) is 10.8. The molecule has 2 rings (SSSR count). The van der Waals surface area contributed by atoms with E-state index >= 15 is 0 Å². The molecule has 90 valence electrons. The van der Waals surface area contributed by atoms with Gasteiger partial charge in [0.1, 0.15) is 23.0 Å². The lowest BCUT2D eigenvalue weighted by Crippen LogP contribution is -2.00. The zero-order chi connectivity index (χ0) is 12.3. The summed E-state index contributed by atoms with van der Waals surface area (Å²) in [4.78, 5) is 8.32. The average Bonchev–Trinajstić information content (AvgIpc) is 2.62. The SMILES string of the molecule is CCNc1cc(Sc2nnc(C)n2C)ncn1. The molecule has 7 heteroatoms. The van der Waals surface area contributed by atoms with Crippen LogP contribution in [0.3, 0.4) is 0 Å². The molecular formula is C10H14N6S. The molecule has 6 nitrogen and oxygen atoms in total.